The van der Waals surface area contributed by atoms with Gasteiger partial charge in [-0.25, -0.2) is 4.98 Å². The lowest BCUT2D eigenvalue weighted by molar-refractivity contribution is 0.101. The SMILES string of the molecule is O=C(CCl)c1cnc2ccc(Cl)cn12. The zero-order valence-corrected chi connectivity index (χ0v) is 8.59. The molecule has 0 spiro atoms. The van der Waals surface area contributed by atoms with Crippen molar-refractivity contribution >= 4 is 34.6 Å². The molecule has 0 fully saturated rings. The van der Waals surface area contributed by atoms with E-state index in [0.717, 1.165) is 0 Å². The van der Waals surface area contributed by atoms with Crippen LogP contribution >= 0.6 is 23.2 Å². The Morgan fingerprint density at radius 3 is 3.00 bits per heavy atom. The molecule has 72 valence electrons. The van der Waals surface area contributed by atoms with E-state index in [2.05, 4.69) is 4.98 Å². The third-order valence-corrected chi connectivity index (χ3v) is 2.34. The highest BCUT2D eigenvalue weighted by atomic mass is 35.5. The van der Waals surface area contributed by atoms with Gasteiger partial charge < -0.3 is 0 Å². The minimum atomic E-state index is -0.165. The Balaban J connectivity index is 2.67. The third-order valence-electron chi connectivity index (χ3n) is 1.88. The second-order valence-electron chi connectivity index (χ2n) is 2.78. The molecule has 14 heavy (non-hydrogen) atoms. The third kappa shape index (κ3) is 1.49. The van der Waals surface area contributed by atoms with Gasteiger partial charge in [-0.15, -0.1) is 11.6 Å². The molecular formula is C9H6Cl2N2O. The number of Topliss-reactive ketones (excluding diaryl/α,β-unsaturated/α-hetero) is 1. The van der Waals surface area contributed by atoms with Crippen LogP contribution in [0.15, 0.2) is 24.5 Å². The molecule has 3 nitrogen and oxygen atoms in total. The molecule has 0 saturated carbocycles. The standard InChI is InChI=1S/C9H6Cl2N2O/c10-3-8(14)7-4-12-9-2-1-6(11)5-13(7)9/h1-2,4-5H,3H2. The molecule has 0 unspecified atom stereocenters. The summed E-state index contributed by atoms with van der Waals surface area (Å²) in [5, 5.41) is 0.555. The van der Waals surface area contributed by atoms with Crippen molar-refractivity contribution < 1.29 is 4.79 Å². The van der Waals surface area contributed by atoms with Gasteiger partial charge in [0.2, 0.25) is 0 Å². The number of pyridine rings is 1. The first-order chi connectivity index (χ1) is 6.72. The summed E-state index contributed by atoms with van der Waals surface area (Å²) >= 11 is 11.3. The minimum absolute atomic E-state index is 0.0553. The van der Waals surface area contributed by atoms with Crippen LogP contribution in [0.2, 0.25) is 5.02 Å². The summed E-state index contributed by atoms with van der Waals surface area (Å²) in [5.41, 5.74) is 1.14. The van der Waals surface area contributed by atoms with E-state index >= 15 is 0 Å². The highest BCUT2D eigenvalue weighted by molar-refractivity contribution is 6.31. The number of ketones is 1. The molecule has 0 atom stereocenters. The van der Waals surface area contributed by atoms with Gasteiger partial charge in [-0.05, 0) is 12.1 Å². The second-order valence-corrected chi connectivity index (χ2v) is 3.48. The largest absolute Gasteiger partial charge is 0.296 e. The van der Waals surface area contributed by atoms with Gasteiger partial charge >= 0.3 is 0 Å². The van der Waals surface area contributed by atoms with Gasteiger partial charge in [0, 0.05) is 6.20 Å². The lowest BCUT2D eigenvalue weighted by atomic mass is 10.3. The van der Waals surface area contributed by atoms with Crippen LogP contribution in [-0.2, 0) is 0 Å². The first-order valence-electron chi connectivity index (χ1n) is 3.94. The summed E-state index contributed by atoms with van der Waals surface area (Å²) in [6, 6.07) is 3.46. The van der Waals surface area contributed by atoms with Gasteiger partial charge in [-0.3, -0.25) is 9.20 Å². The Hall–Kier alpha value is -1.06. The van der Waals surface area contributed by atoms with Gasteiger partial charge in [0.25, 0.3) is 0 Å². The number of fused-ring (bicyclic) bond motifs is 1. The van der Waals surface area contributed by atoms with E-state index in [9.17, 15) is 4.79 Å². The summed E-state index contributed by atoms with van der Waals surface area (Å²) < 4.78 is 1.63. The molecule has 0 aliphatic rings. The van der Waals surface area contributed by atoms with Crippen LogP contribution < -0.4 is 0 Å². The van der Waals surface area contributed by atoms with Crippen molar-refractivity contribution in [3.63, 3.8) is 0 Å². The number of nitrogens with zero attached hydrogens (tertiary/aromatic N) is 2. The molecule has 0 aromatic carbocycles. The second kappa shape index (κ2) is 3.59. The molecule has 0 saturated heterocycles. The number of carbonyl (C=O) groups excluding carboxylic acids is 1. The van der Waals surface area contributed by atoms with Crippen molar-refractivity contribution in [2.45, 2.75) is 0 Å². The molecule has 2 aromatic heterocycles. The zero-order valence-electron chi connectivity index (χ0n) is 7.08. The quantitative estimate of drug-likeness (QED) is 0.585. The summed E-state index contributed by atoms with van der Waals surface area (Å²) in [6.07, 6.45) is 3.14. The van der Waals surface area contributed by atoms with Crippen molar-refractivity contribution in [2.75, 3.05) is 5.88 Å². The minimum Gasteiger partial charge on any atom is -0.296 e. The number of aromatic nitrogens is 2. The fourth-order valence-corrected chi connectivity index (χ4v) is 1.53. The normalized spacial score (nSPS) is 10.7. The first-order valence-corrected chi connectivity index (χ1v) is 4.85. The fraction of sp³-hybridized carbons (Fsp3) is 0.111. The average Bonchev–Trinajstić information content (AvgIpc) is 2.59. The van der Waals surface area contributed by atoms with E-state index in [0.29, 0.717) is 16.4 Å². The Labute approximate surface area is 90.3 Å². The highest BCUT2D eigenvalue weighted by Crippen LogP contribution is 2.13. The maximum absolute atomic E-state index is 11.4. The molecule has 2 heterocycles. The van der Waals surface area contributed by atoms with Crippen LogP contribution in [0, 0.1) is 0 Å². The van der Waals surface area contributed by atoms with Gasteiger partial charge in [0.15, 0.2) is 5.78 Å². The monoisotopic (exact) mass is 228 g/mol. The van der Waals surface area contributed by atoms with Crippen LogP contribution in [-0.4, -0.2) is 21.0 Å². The van der Waals surface area contributed by atoms with Crippen molar-refractivity contribution in [2.24, 2.45) is 0 Å². The van der Waals surface area contributed by atoms with E-state index in [4.69, 9.17) is 23.2 Å². The molecule has 0 aliphatic heterocycles. The molecule has 0 radical (unpaired) electrons. The van der Waals surface area contributed by atoms with Gasteiger partial charge in [0.05, 0.1) is 17.1 Å². The maximum Gasteiger partial charge on any atom is 0.195 e. The maximum atomic E-state index is 11.4. The van der Waals surface area contributed by atoms with E-state index < -0.39 is 0 Å². The average molecular weight is 229 g/mol. The summed E-state index contributed by atoms with van der Waals surface area (Å²) in [5.74, 6) is -0.221. The molecule has 2 rings (SSSR count). The summed E-state index contributed by atoms with van der Waals surface area (Å²) in [6.45, 7) is 0. The Morgan fingerprint density at radius 1 is 1.50 bits per heavy atom. The van der Waals surface area contributed by atoms with Crippen molar-refractivity contribution in [1.82, 2.24) is 9.38 Å². The first kappa shape index (κ1) is 9.49. The number of rotatable bonds is 2. The smallest absolute Gasteiger partial charge is 0.195 e. The predicted octanol–water partition coefficient (Wildman–Crippen LogP) is 2.41. The van der Waals surface area contributed by atoms with Gasteiger partial charge in [0.1, 0.15) is 11.3 Å². The van der Waals surface area contributed by atoms with Crippen LogP contribution in [0.3, 0.4) is 0 Å². The predicted molar refractivity (Wildman–Crippen MR) is 55.3 cm³/mol. The number of hydrogen-bond donors (Lipinski definition) is 0. The van der Waals surface area contributed by atoms with Gasteiger partial charge in [-0.1, -0.05) is 11.6 Å². The fourth-order valence-electron chi connectivity index (χ4n) is 1.23. The van der Waals surface area contributed by atoms with Crippen LogP contribution in [0.1, 0.15) is 10.5 Å². The van der Waals surface area contributed by atoms with Gasteiger partial charge in [-0.2, -0.15) is 0 Å². The van der Waals surface area contributed by atoms with E-state index in [-0.39, 0.29) is 11.7 Å². The van der Waals surface area contributed by atoms with E-state index in [1.807, 2.05) is 0 Å². The lowest BCUT2D eigenvalue weighted by Gasteiger charge is -1.98. The number of carbonyl (C=O) groups is 1. The molecular weight excluding hydrogens is 223 g/mol. The lowest BCUT2D eigenvalue weighted by Crippen LogP contribution is -2.04. The van der Waals surface area contributed by atoms with Crippen molar-refractivity contribution in [1.29, 1.82) is 0 Å². The van der Waals surface area contributed by atoms with Crippen LogP contribution in [0.25, 0.3) is 5.65 Å². The van der Waals surface area contributed by atoms with E-state index in [1.54, 1.807) is 22.7 Å². The topological polar surface area (TPSA) is 34.4 Å². The Morgan fingerprint density at radius 2 is 2.29 bits per heavy atom. The zero-order chi connectivity index (χ0) is 10.1. The van der Waals surface area contributed by atoms with E-state index in [1.165, 1.54) is 6.20 Å². The molecule has 5 heteroatoms. The molecule has 0 amide bonds. The summed E-state index contributed by atoms with van der Waals surface area (Å²) in [4.78, 5) is 15.4. The number of hydrogen-bond acceptors (Lipinski definition) is 2. The van der Waals surface area contributed by atoms with Crippen molar-refractivity contribution in [3.8, 4) is 0 Å². The Kier molecular flexibility index (Phi) is 2.44. The summed E-state index contributed by atoms with van der Waals surface area (Å²) in [7, 11) is 0. The molecule has 0 N–H and O–H groups in total. The number of alkyl halides is 1. The molecule has 0 aliphatic carbocycles. The van der Waals surface area contributed by atoms with Crippen LogP contribution in [0.4, 0.5) is 0 Å². The highest BCUT2D eigenvalue weighted by Gasteiger charge is 2.10. The molecule has 0 bridgehead atoms. The molecule has 2 aromatic rings. The number of halogens is 2. The van der Waals surface area contributed by atoms with Crippen molar-refractivity contribution in [3.05, 3.63) is 35.2 Å². The Bertz CT molecular complexity index is 493. The van der Waals surface area contributed by atoms with Crippen LogP contribution in [0.5, 0.6) is 0 Å². The number of imidazole rings is 1.